The molecule has 17 heavy (non-hydrogen) atoms. The van der Waals surface area contributed by atoms with Crippen molar-refractivity contribution < 1.29 is 4.79 Å². The highest BCUT2D eigenvalue weighted by Gasteiger charge is 2.21. The standard InChI is InChI=1S/C13H15N3O/c1-15(8-7-14)11-4-5-12-10(9-11)3-6-13(17)16(12)2/h4-5,9H,3,6,8H2,1-2H3. The van der Waals surface area contributed by atoms with Crippen LogP contribution in [0.2, 0.25) is 0 Å². The van der Waals surface area contributed by atoms with Crippen molar-refractivity contribution in [1.82, 2.24) is 0 Å². The van der Waals surface area contributed by atoms with Gasteiger partial charge in [-0.2, -0.15) is 5.26 Å². The fourth-order valence-corrected chi connectivity index (χ4v) is 2.08. The van der Waals surface area contributed by atoms with Gasteiger partial charge in [-0.3, -0.25) is 4.79 Å². The van der Waals surface area contributed by atoms with Gasteiger partial charge < -0.3 is 9.80 Å². The normalized spacial score (nSPS) is 14.2. The molecule has 0 N–H and O–H groups in total. The number of nitrogens with zero attached hydrogens (tertiary/aromatic N) is 3. The Kier molecular flexibility index (Phi) is 3.01. The molecule has 0 radical (unpaired) electrons. The summed E-state index contributed by atoms with van der Waals surface area (Å²) >= 11 is 0. The number of carbonyl (C=O) groups excluding carboxylic acids is 1. The minimum Gasteiger partial charge on any atom is -0.361 e. The fraction of sp³-hybridized carbons (Fsp3) is 0.385. The zero-order chi connectivity index (χ0) is 12.4. The van der Waals surface area contributed by atoms with Crippen LogP contribution < -0.4 is 9.80 Å². The van der Waals surface area contributed by atoms with E-state index in [1.54, 1.807) is 11.9 Å². The summed E-state index contributed by atoms with van der Waals surface area (Å²) in [4.78, 5) is 15.2. The Hall–Kier alpha value is -2.02. The molecule has 1 amide bonds. The van der Waals surface area contributed by atoms with E-state index in [1.165, 1.54) is 5.56 Å². The van der Waals surface area contributed by atoms with Gasteiger partial charge in [-0.05, 0) is 30.2 Å². The maximum absolute atomic E-state index is 11.6. The SMILES string of the molecule is CN(CC#N)c1ccc2c(c1)CCC(=O)N2C. The van der Waals surface area contributed by atoms with Crippen LogP contribution in [0.3, 0.4) is 0 Å². The number of anilines is 2. The number of amides is 1. The number of aryl methyl sites for hydroxylation is 1. The first-order valence-electron chi connectivity index (χ1n) is 5.61. The maximum Gasteiger partial charge on any atom is 0.227 e. The molecule has 0 saturated carbocycles. The molecule has 0 atom stereocenters. The van der Waals surface area contributed by atoms with Crippen LogP contribution in [0.4, 0.5) is 11.4 Å². The van der Waals surface area contributed by atoms with Crippen molar-refractivity contribution in [1.29, 1.82) is 5.26 Å². The molecule has 88 valence electrons. The Labute approximate surface area is 101 Å². The predicted molar refractivity (Wildman–Crippen MR) is 67.1 cm³/mol. The van der Waals surface area contributed by atoms with E-state index in [2.05, 4.69) is 12.1 Å². The third-order valence-corrected chi connectivity index (χ3v) is 3.16. The molecule has 0 bridgehead atoms. The average Bonchev–Trinajstić information content (AvgIpc) is 2.34. The molecule has 1 aromatic carbocycles. The lowest BCUT2D eigenvalue weighted by Gasteiger charge is -2.27. The van der Waals surface area contributed by atoms with Gasteiger partial charge in [0, 0.05) is 31.9 Å². The number of hydrogen-bond donors (Lipinski definition) is 0. The molecule has 0 fully saturated rings. The third-order valence-electron chi connectivity index (χ3n) is 3.16. The van der Waals surface area contributed by atoms with Crippen LogP contribution in [-0.4, -0.2) is 26.5 Å². The Morgan fingerprint density at radius 2 is 2.24 bits per heavy atom. The molecular formula is C13H15N3O. The van der Waals surface area contributed by atoms with E-state index in [0.717, 1.165) is 17.8 Å². The van der Waals surface area contributed by atoms with Crippen LogP contribution in [-0.2, 0) is 11.2 Å². The molecule has 0 spiro atoms. The Morgan fingerprint density at radius 1 is 1.47 bits per heavy atom. The van der Waals surface area contributed by atoms with Crippen LogP contribution in [0.1, 0.15) is 12.0 Å². The largest absolute Gasteiger partial charge is 0.361 e. The van der Waals surface area contributed by atoms with E-state index < -0.39 is 0 Å². The molecule has 1 heterocycles. The molecule has 1 aliphatic rings. The van der Waals surface area contributed by atoms with Crippen LogP contribution in [0, 0.1) is 11.3 Å². The molecule has 0 unspecified atom stereocenters. The summed E-state index contributed by atoms with van der Waals surface area (Å²) in [6.45, 7) is 0.369. The van der Waals surface area contributed by atoms with Gasteiger partial charge in [0.05, 0.1) is 6.07 Å². The van der Waals surface area contributed by atoms with E-state index >= 15 is 0 Å². The zero-order valence-corrected chi connectivity index (χ0v) is 10.1. The van der Waals surface area contributed by atoms with Crippen molar-refractivity contribution in [3.05, 3.63) is 23.8 Å². The minimum absolute atomic E-state index is 0.163. The molecule has 2 rings (SSSR count). The second-order valence-electron chi connectivity index (χ2n) is 4.28. The summed E-state index contributed by atoms with van der Waals surface area (Å²) < 4.78 is 0. The van der Waals surface area contributed by atoms with E-state index in [-0.39, 0.29) is 5.91 Å². The van der Waals surface area contributed by atoms with Crippen molar-refractivity contribution in [2.45, 2.75) is 12.8 Å². The van der Waals surface area contributed by atoms with Gasteiger partial charge in [0.1, 0.15) is 6.54 Å². The van der Waals surface area contributed by atoms with Crippen molar-refractivity contribution in [2.24, 2.45) is 0 Å². The van der Waals surface area contributed by atoms with Crippen LogP contribution in [0.25, 0.3) is 0 Å². The second-order valence-corrected chi connectivity index (χ2v) is 4.28. The first-order chi connectivity index (χ1) is 8.13. The average molecular weight is 229 g/mol. The second kappa shape index (κ2) is 4.46. The highest BCUT2D eigenvalue weighted by Crippen LogP contribution is 2.30. The third kappa shape index (κ3) is 2.09. The highest BCUT2D eigenvalue weighted by atomic mass is 16.2. The molecule has 0 saturated heterocycles. The number of fused-ring (bicyclic) bond motifs is 1. The lowest BCUT2D eigenvalue weighted by Crippen LogP contribution is -2.31. The Morgan fingerprint density at radius 3 is 2.94 bits per heavy atom. The number of benzene rings is 1. The van der Waals surface area contributed by atoms with Gasteiger partial charge in [0.15, 0.2) is 0 Å². The topological polar surface area (TPSA) is 47.3 Å². The van der Waals surface area contributed by atoms with Crippen LogP contribution in [0.15, 0.2) is 18.2 Å². The Balaban J connectivity index is 2.33. The lowest BCUT2D eigenvalue weighted by molar-refractivity contribution is -0.118. The minimum atomic E-state index is 0.163. The number of hydrogen-bond acceptors (Lipinski definition) is 3. The number of carbonyl (C=O) groups is 1. The van der Waals surface area contributed by atoms with Crippen LogP contribution in [0.5, 0.6) is 0 Å². The quantitative estimate of drug-likeness (QED) is 0.723. The number of rotatable bonds is 2. The van der Waals surface area contributed by atoms with Gasteiger partial charge in [0.2, 0.25) is 5.91 Å². The van der Waals surface area contributed by atoms with E-state index in [4.69, 9.17) is 5.26 Å². The predicted octanol–water partition coefficient (Wildman–Crippen LogP) is 1.56. The van der Waals surface area contributed by atoms with Crippen molar-refractivity contribution >= 4 is 17.3 Å². The molecule has 0 aromatic heterocycles. The summed E-state index contributed by atoms with van der Waals surface area (Å²) in [5, 5.41) is 8.67. The molecule has 1 aromatic rings. The summed E-state index contributed by atoms with van der Waals surface area (Å²) in [6.07, 6.45) is 1.35. The van der Waals surface area contributed by atoms with Gasteiger partial charge in [-0.1, -0.05) is 0 Å². The highest BCUT2D eigenvalue weighted by molar-refractivity contribution is 5.96. The summed E-state index contributed by atoms with van der Waals surface area (Å²) in [5.41, 5.74) is 3.18. The van der Waals surface area contributed by atoms with Crippen LogP contribution >= 0.6 is 0 Å². The van der Waals surface area contributed by atoms with E-state index in [1.807, 2.05) is 24.1 Å². The summed E-state index contributed by atoms with van der Waals surface area (Å²) in [5.74, 6) is 0.163. The number of nitriles is 1. The first-order valence-corrected chi connectivity index (χ1v) is 5.61. The van der Waals surface area contributed by atoms with Gasteiger partial charge >= 0.3 is 0 Å². The van der Waals surface area contributed by atoms with E-state index in [0.29, 0.717) is 13.0 Å². The zero-order valence-electron chi connectivity index (χ0n) is 10.1. The smallest absolute Gasteiger partial charge is 0.227 e. The fourth-order valence-electron chi connectivity index (χ4n) is 2.08. The molecule has 1 aliphatic heterocycles. The lowest BCUT2D eigenvalue weighted by atomic mass is 10.0. The molecule has 4 heteroatoms. The molecular weight excluding hydrogens is 214 g/mol. The Bertz CT molecular complexity index is 490. The molecule has 0 aliphatic carbocycles. The van der Waals surface area contributed by atoms with Gasteiger partial charge in [-0.25, -0.2) is 0 Å². The maximum atomic E-state index is 11.6. The van der Waals surface area contributed by atoms with Gasteiger partial charge in [-0.15, -0.1) is 0 Å². The van der Waals surface area contributed by atoms with E-state index in [9.17, 15) is 4.79 Å². The summed E-state index contributed by atoms with van der Waals surface area (Å²) in [6, 6.07) is 8.09. The van der Waals surface area contributed by atoms with Crippen molar-refractivity contribution in [3.63, 3.8) is 0 Å². The first kappa shape index (κ1) is 11.5. The summed E-state index contributed by atoms with van der Waals surface area (Å²) in [7, 11) is 3.70. The molecule has 4 nitrogen and oxygen atoms in total. The van der Waals surface area contributed by atoms with Gasteiger partial charge in [0.25, 0.3) is 0 Å². The monoisotopic (exact) mass is 229 g/mol. The van der Waals surface area contributed by atoms with Crippen molar-refractivity contribution in [3.8, 4) is 6.07 Å². The van der Waals surface area contributed by atoms with Crippen molar-refractivity contribution in [2.75, 3.05) is 30.4 Å².